The van der Waals surface area contributed by atoms with Crippen LogP contribution in [0.15, 0.2) is 132 Å². The molecule has 0 aliphatic rings. The van der Waals surface area contributed by atoms with E-state index in [1.54, 1.807) is 12.1 Å². The van der Waals surface area contributed by atoms with E-state index in [1.165, 1.54) is 10.5 Å². The molecule has 0 unspecified atom stereocenters. The summed E-state index contributed by atoms with van der Waals surface area (Å²) in [5.41, 5.74) is 7.59. The minimum Gasteiger partial charge on any atom is -0.501 e. The van der Waals surface area contributed by atoms with Crippen LogP contribution in [0, 0.1) is 19.0 Å². The van der Waals surface area contributed by atoms with E-state index < -0.39 is 20.1 Å². The van der Waals surface area contributed by atoms with Crippen molar-refractivity contribution in [3.8, 4) is 28.3 Å². The molecule has 5 aromatic carbocycles. The fourth-order valence-electron chi connectivity index (χ4n) is 5.47. The van der Waals surface area contributed by atoms with Gasteiger partial charge in [-0.2, -0.15) is 0 Å². The molecule has 46 heavy (non-hydrogen) atoms. The molecule has 6 heteroatoms. The topological polar surface area (TPSA) is 43.9 Å². The SMILES string of the molecule is [2H]C([2H])([2H])c1c[c-]c(-c2cc[c]([Ge]([CH3])([CH3])[CH3])cn2)cc1.[Ir].[c-]1ccc2c(oc3ccccc32)c1-c1nc2ccccc2n1-c1ccccc1. The van der Waals surface area contributed by atoms with Crippen LogP contribution in [0.5, 0.6) is 0 Å². The molecule has 0 saturated carbocycles. The van der Waals surface area contributed by atoms with Gasteiger partial charge in [0.15, 0.2) is 0 Å². The molecule has 0 N–H and O–H groups in total. The largest absolute Gasteiger partial charge is 0.501 e. The molecule has 0 bridgehead atoms. The van der Waals surface area contributed by atoms with Crippen molar-refractivity contribution in [3.05, 3.63) is 145 Å². The Labute approximate surface area is 290 Å². The number of imidazole rings is 1. The molecule has 0 saturated heterocycles. The maximum absolute atomic E-state index is 7.35. The molecule has 8 aromatic rings. The average Bonchev–Trinajstić information content (AvgIpc) is 3.67. The zero-order chi connectivity index (χ0) is 33.5. The fourth-order valence-corrected chi connectivity index (χ4v) is 7.64. The molecule has 0 aliphatic carbocycles. The second-order valence-electron chi connectivity index (χ2n) is 12.0. The first-order valence-corrected chi connectivity index (χ1v) is 22.3. The maximum atomic E-state index is 7.35. The zero-order valence-electron chi connectivity index (χ0n) is 28.7. The van der Waals surface area contributed by atoms with Gasteiger partial charge in [0.1, 0.15) is 5.58 Å². The van der Waals surface area contributed by atoms with Gasteiger partial charge in [0.05, 0.1) is 22.4 Å². The normalized spacial score (nSPS) is 12.5. The zero-order valence-corrected chi connectivity index (χ0v) is 30.2. The molecule has 3 aromatic heterocycles. The summed E-state index contributed by atoms with van der Waals surface area (Å²) in [6.45, 7) is -2.08. The number of benzene rings is 5. The Morgan fingerprint density at radius 3 is 2.30 bits per heavy atom. The molecule has 229 valence electrons. The number of rotatable bonds is 4. The van der Waals surface area contributed by atoms with E-state index >= 15 is 0 Å². The van der Waals surface area contributed by atoms with Gasteiger partial charge in [0.2, 0.25) is 0 Å². The first kappa shape index (κ1) is 28.0. The number of hydrogen-bond donors (Lipinski definition) is 0. The number of aromatic nitrogens is 3. The summed E-state index contributed by atoms with van der Waals surface area (Å²) in [7, 11) is 0. The number of aryl methyl sites for hydroxylation is 1. The molecule has 1 radical (unpaired) electrons. The second-order valence-corrected chi connectivity index (χ2v) is 22.6. The predicted octanol–water partition coefficient (Wildman–Crippen LogP) is 9.79. The fraction of sp³-hybridized carbons (Fsp3) is 0.100. The number of fused-ring (bicyclic) bond motifs is 4. The first-order valence-electron chi connectivity index (χ1n) is 16.4. The maximum Gasteiger partial charge on any atom is 0.120 e. The molecule has 8 rings (SSSR count). The van der Waals surface area contributed by atoms with E-state index in [1.807, 2.05) is 72.9 Å². The average molecular weight is 840 g/mol. The van der Waals surface area contributed by atoms with Crippen molar-refractivity contribution in [3.63, 3.8) is 0 Å². The Bertz CT molecular complexity index is 2310. The second kappa shape index (κ2) is 13.2. The molecule has 0 atom stereocenters. The predicted molar refractivity (Wildman–Crippen MR) is 189 cm³/mol. The van der Waals surface area contributed by atoms with E-state index in [2.05, 4.69) is 75.4 Å². The van der Waals surface area contributed by atoms with Crippen molar-refractivity contribution in [2.75, 3.05) is 0 Å². The van der Waals surface area contributed by atoms with Crippen LogP contribution in [0.3, 0.4) is 0 Å². The Hall–Kier alpha value is -4.29. The molecule has 0 amide bonds. The Morgan fingerprint density at radius 2 is 1.57 bits per heavy atom. The smallest absolute Gasteiger partial charge is 0.120 e. The monoisotopic (exact) mass is 841 g/mol. The molecule has 3 heterocycles. The van der Waals surface area contributed by atoms with Crippen LogP contribution in [0.4, 0.5) is 0 Å². The molecule has 0 fully saturated rings. The number of nitrogens with zero attached hydrogens (tertiary/aromatic N) is 3. The van der Waals surface area contributed by atoms with Gasteiger partial charge in [-0.3, -0.25) is 4.98 Å². The van der Waals surface area contributed by atoms with Crippen LogP contribution >= 0.6 is 0 Å². The van der Waals surface area contributed by atoms with E-state index in [0.29, 0.717) is 5.56 Å². The van der Waals surface area contributed by atoms with Gasteiger partial charge in [-0.15, -0.1) is 18.2 Å². The summed E-state index contributed by atoms with van der Waals surface area (Å²) in [4.78, 5) is 9.43. The van der Waals surface area contributed by atoms with Crippen molar-refractivity contribution in [1.82, 2.24) is 14.5 Å². The van der Waals surface area contributed by atoms with Gasteiger partial charge in [-0.1, -0.05) is 59.5 Å². The van der Waals surface area contributed by atoms with Crippen LogP contribution in [0.25, 0.3) is 61.3 Å². The molecule has 0 spiro atoms. The standard InChI is InChI=1S/C25H15N2O.C15H18GeN.Ir/c1-2-9-17(10-3-1)27-22-15-6-5-14-21(22)26-25(27)20-13-8-12-19-18-11-4-7-16-23(18)28-24(19)20;1-12-5-7-13(8-6-12)15-10-9-14(11-17-15)16(2,3)4;/h1-12,14-16H;5-7,9-11H,1-4H3;/q2*-1;/i;1D3;. The van der Waals surface area contributed by atoms with Crippen LogP contribution in [-0.4, -0.2) is 27.8 Å². The third kappa shape index (κ3) is 6.23. The minimum absolute atomic E-state index is 0. The van der Waals surface area contributed by atoms with Gasteiger partial charge in [-0.25, -0.2) is 0 Å². The summed E-state index contributed by atoms with van der Waals surface area (Å²) < 4.78 is 31.8. The molecule has 0 aliphatic heterocycles. The Kier molecular flexibility index (Phi) is 8.03. The Balaban J connectivity index is 0.000000177. The van der Waals surface area contributed by atoms with Crippen LogP contribution < -0.4 is 4.40 Å². The van der Waals surface area contributed by atoms with E-state index in [9.17, 15) is 0 Å². The third-order valence-corrected chi connectivity index (χ3v) is 12.1. The number of para-hydroxylation sites is 4. The van der Waals surface area contributed by atoms with Gasteiger partial charge in [-0.05, 0) is 30.3 Å². The van der Waals surface area contributed by atoms with Gasteiger partial charge < -0.3 is 8.98 Å². The van der Waals surface area contributed by atoms with Crippen molar-refractivity contribution < 1.29 is 28.6 Å². The van der Waals surface area contributed by atoms with Crippen LogP contribution in [-0.2, 0) is 20.1 Å². The first-order chi connectivity index (χ1) is 23.1. The Morgan fingerprint density at radius 1 is 0.783 bits per heavy atom. The molecule has 4 nitrogen and oxygen atoms in total. The van der Waals surface area contributed by atoms with Crippen molar-refractivity contribution in [2.45, 2.75) is 24.1 Å². The van der Waals surface area contributed by atoms with Crippen LogP contribution in [0.2, 0.25) is 17.3 Å². The summed E-state index contributed by atoms with van der Waals surface area (Å²) in [6.07, 6.45) is 1.95. The third-order valence-electron chi connectivity index (χ3n) is 7.86. The number of furan rings is 1. The molecular formula is C40H33GeIrN3O-2. The van der Waals surface area contributed by atoms with Crippen LogP contribution in [0.1, 0.15) is 9.68 Å². The molecular weight excluding hydrogens is 803 g/mol. The van der Waals surface area contributed by atoms with Crippen molar-refractivity contribution >= 4 is 50.6 Å². The van der Waals surface area contributed by atoms with Crippen molar-refractivity contribution in [2.24, 2.45) is 0 Å². The number of hydrogen-bond acceptors (Lipinski definition) is 3. The van der Waals surface area contributed by atoms with Gasteiger partial charge >= 0.3 is 110 Å². The summed E-state index contributed by atoms with van der Waals surface area (Å²) in [6, 6.07) is 46.0. The summed E-state index contributed by atoms with van der Waals surface area (Å²) in [5, 5.41) is 2.19. The van der Waals surface area contributed by atoms with Crippen molar-refractivity contribution in [1.29, 1.82) is 0 Å². The van der Waals surface area contributed by atoms with Gasteiger partial charge in [0.25, 0.3) is 0 Å². The number of pyridine rings is 1. The summed E-state index contributed by atoms with van der Waals surface area (Å²) >= 11 is -1.83. The van der Waals surface area contributed by atoms with Gasteiger partial charge in [0, 0.05) is 31.2 Å². The van der Waals surface area contributed by atoms with E-state index in [0.717, 1.165) is 61.3 Å². The summed E-state index contributed by atoms with van der Waals surface area (Å²) in [5.74, 6) is 7.81. The van der Waals surface area contributed by atoms with E-state index in [4.69, 9.17) is 13.5 Å². The minimum atomic E-state index is -2.08. The quantitative estimate of drug-likeness (QED) is 0.131. The van der Waals surface area contributed by atoms with E-state index in [-0.39, 0.29) is 20.1 Å².